The SMILES string of the molecule is CCOC(=O)CC(C)CC(N)c1c(F)cc(OC)cc1F. The zero-order valence-corrected chi connectivity index (χ0v) is 12.5. The molecule has 4 nitrogen and oxygen atoms in total. The molecule has 0 heterocycles. The van der Waals surface area contributed by atoms with Crippen LogP contribution in [0.3, 0.4) is 0 Å². The summed E-state index contributed by atoms with van der Waals surface area (Å²) in [4.78, 5) is 11.4. The highest BCUT2D eigenvalue weighted by Gasteiger charge is 2.21. The van der Waals surface area contributed by atoms with E-state index >= 15 is 0 Å². The lowest BCUT2D eigenvalue weighted by molar-refractivity contribution is -0.144. The van der Waals surface area contributed by atoms with Gasteiger partial charge in [0.2, 0.25) is 0 Å². The molecule has 21 heavy (non-hydrogen) atoms. The topological polar surface area (TPSA) is 61.5 Å². The third kappa shape index (κ3) is 4.97. The Bertz CT molecular complexity index is 471. The van der Waals surface area contributed by atoms with Crippen LogP contribution in [0, 0.1) is 17.6 Å². The molecule has 0 saturated heterocycles. The minimum Gasteiger partial charge on any atom is -0.497 e. The van der Waals surface area contributed by atoms with E-state index in [-0.39, 0.29) is 36.0 Å². The van der Waals surface area contributed by atoms with Crippen LogP contribution < -0.4 is 10.5 Å². The first-order valence-electron chi connectivity index (χ1n) is 6.83. The number of hydrogen-bond donors (Lipinski definition) is 1. The summed E-state index contributed by atoms with van der Waals surface area (Å²) >= 11 is 0. The fourth-order valence-corrected chi connectivity index (χ4v) is 2.17. The van der Waals surface area contributed by atoms with Gasteiger partial charge in [-0.25, -0.2) is 8.78 Å². The standard InChI is InChI=1S/C15H21F2NO3/c1-4-21-14(19)6-9(2)5-13(18)15-11(16)7-10(20-3)8-12(15)17/h7-9,13H,4-6,18H2,1-3H3. The van der Waals surface area contributed by atoms with Crippen LogP contribution >= 0.6 is 0 Å². The number of hydrogen-bond acceptors (Lipinski definition) is 4. The molecule has 118 valence electrons. The van der Waals surface area contributed by atoms with Crippen molar-refractivity contribution < 1.29 is 23.0 Å². The van der Waals surface area contributed by atoms with E-state index in [4.69, 9.17) is 15.2 Å². The summed E-state index contributed by atoms with van der Waals surface area (Å²) in [6, 6.07) is 1.35. The number of nitrogens with two attached hydrogens (primary N) is 1. The third-order valence-electron chi connectivity index (χ3n) is 3.14. The van der Waals surface area contributed by atoms with Crippen LogP contribution in [0.5, 0.6) is 5.75 Å². The Morgan fingerprint density at radius 1 is 1.33 bits per heavy atom. The first kappa shape index (κ1) is 17.4. The number of methoxy groups -OCH3 is 1. The molecule has 0 fully saturated rings. The van der Waals surface area contributed by atoms with Gasteiger partial charge in [0.15, 0.2) is 0 Å². The van der Waals surface area contributed by atoms with E-state index in [9.17, 15) is 13.6 Å². The second kappa shape index (κ2) is 7.93. The van der Waals surface area contributed by atoms with Gasteiger partial charge in [0.25, 0.3) is 0 Å². The number of carbonyl (C=O) groups excluding carboxylic acids is 1. The minimum atomic E-state index is -0.833. The average Bonchev–Trinajstić information content (AvgIpc) is 2.37. The summed E-state index contributed by atoms with van der Waals surface area (Å²) in [5, 5.41) is 0. The molecule has 1 aromatic rings. The molecular formula is C15H21F2NO3. The molecule has 0 amide bonds. The predicted octanol–water partition coefficient (Wildman–Crippen LogP) is 2.95. The highest BCUT2D eigenvalue weighted by molar-refractivity contribution is 5.69. The Labute approximate surface area is 123 Å². The van der Waals surface area contributed by atoms with E-state index in [1.165, 1.54) is 7.11 Å². The third-order valence-corrected chi connectivity index (χ3v) is 3.14. The Balaban J connectivity index is 2.75. The van der Waals surface area contributed by atoms with Crippen LogP contribution in [0.1, 0.15) is 38.3 Å². The quantitative estimate of drug-likeness (QED) is 0.787. The number of halogens is 2. The summed E-state index contributed by atoms with van der Waals surface area (Å²) in [5.74, 6) is -1.88. The summed E-state index contributed by atoms with van der Waals surface area (Å²) in [5.41, 5.74) is 5.68. The van der Waals surface area contributed by atoms with Crippen molar-refractivity contribution in [1.82, 2.24) is 0 Å². The lowest BCUT2D eigenvalue weighted by atomic mass is 9.93. The molecule has 1 rings (SSSR count). The van der Waals surface area contributed by atoms with Crippen LogP contribution in [-0.2, 0) is 9.53 Å². The number of rotatable bonds is 7. The van der Waals surface area contributed by atoms with E-state index in [0.29, 0.717) is 6.61 Å². The second-order valence-electron chi connectivity index (χ2n) is 4.96. The predicted molar refractivity (Wildman–Crippen MR) is 74.9 cm³/mol. The van der Waals surface area contributed by atoms with Crippen molar-refractivity contribution in [2.24, 2.45) is 11.7 Å². The van der Waals surface area contributed by atoms with Gasteiger partial charge in [0.05, 0.1) is 13.7 Å². The number of benzene rings is 1. The van der Waals surface area contributed by atoms with Crippen LogP contribution in [-0.4, -0.2) is 19.7 Å². The molecule has 0 aliphatic carbocycles. The maximum atomic E-state index is 13.9. The molecule has 0 spiro atoms. The smallest absolute Gasteiger partial charge is 0.306 e. The summed E-state index contributed by atoms with van der Waals surface area (Å²) in [7, 11) is 1.33. The van der Waals surface area contributed by atoms with Gasteiger partial charge in [-0.2, -0.15) is 0 Å². The molecule has 0 saturated carbocycles. The highest BCUT2D eigenvalue weighted by Crippen LogP contribution is 2.28. The molecule has 0 bridgehead atoms. The van der Waals surface area contributed by atoms with Crippen molar-refractivity contribution in [3.05, 3.63) is 29.3 Å². The van der Waals surface area contributed by atoms with E-state index in [0.717, 1.165) is 12.1 Å². The number of carbonyl (C=O) groups is 1. The summed E-state index contributed by atoms with van der Waals surface area (Å²) in [6.07, 6.45) is 0.444. The van der Waals surface area contributed by atoms with Gasteiger partial charge in [-0.1, -0.05) is 6.92 Å². The van der Waals surface area contributed by atoms with Crippen molar-refractivity contribution in [2.75, 3.05) is 13.7 Å². The number of esters is 1. The van der Waals surface area contributed by atoms with E-state index < -0.39 is 17.7 Å². The maximum Gasteiger partial charge on any atom is 0.306 e. The molecule has 0 aliphatic rings. The Morgan fingerprint density at radius 2 is 1.90 bits per heavy atom. The first-order valence-corrected chi connectivity index (χ1v) is 6.83. The van der Waals surface area contributed by atoms with E-state index in [1.807, 2.05) is 0 Å². The van der Waals surface area contributed by atoms with Gasteiger partial charge in [0, 0.05) is 30.2 Å². The van der Waals surface area contributed by atoms with E-state index in [1.54, 1.807) is 13.8 Å². The van der Waals surface area contributed by atoms with Gasteiger partial charge >= 0.3 is 5.97 Å². The zero-order chi connectivity index (χ0) is 16.0. The minimum absolute atomic E-state index is 0.0977. The van der Waals surface area contributed by atoms with Gasteiger partial charge in [-0.05, 0) is 19.3 Å². The lowest BCUT2D eigenvalue weighted by Crippen LogP contribution is -2.19. The molecule has 2 unspecified atom stereocenters. The average molecular weight is 301 g/mol. The monoisotopic (exact) mass is 301 g/mol. The summed E-state index contributed by atoms with van der Waals surface area (Å²) < 4.78 is 37.4. The normalized spacial score (nSPS) is 13.6. The van der Waals surface area contributed by atoms with Crippen molar-refractivity contribution in [3.63, 3.8) is 0 Å². The molecule has 0 radical (unpaired) electrons. The molecule has 0 aromatic heterocycles. The Morgan fingerprint density at radius 3 is 2.38 bits per heavy atom. The lowest BCUT2D eigenvalue weighted by Gasteiger charge is -2.18. The Kier molecular flexibility index (Phi) is 6.55. The van der Waals surface area contributed by atoms with Crippen LogP contribution in [0.25, 0.3) is 0 Å². The largest absolute Gasteiger partial charge is 0.497 e. The van der Waals surface area contributed by atoms with Crippen LogP contribution in [0.15, 0.2) is 12.1 Å². The molecule has 0 aliphatic heterocycles. The van der Waals surface area contributed by atoms with E-state index in [2.05, 4.69) is 0 Å². The first-order chi connectivity index (χ1) is 9.88. The van der Waals surface area contributed by atoms with Gasteiger partial charge in [0.1, 0.15) is 17.4 Å². The molecule has 6 heteroatoms. The highest BCUT2D eigenvalue weighted by atomic mass is 19.1. The van der Waals surface area contributed by atoms with Crippen molar-refractivity contribution in [3.8, 4) is 5.75 Å². The molecule has 1 aromatic carbocycles. The van der Waals surface area contributed by atoms with Gasteiger partial charge < -0.3 is 15.2 Å². The molecular weight excluding hydrogens is 280 g/mol. The zero-order valence-electron chi connectivity index (χ0n) is 12.5. The van der Waals surface area contributed by atoms with Crippen molar-refractivity contribution >= 4 is 5.97 Å². The molecule has 2 atom stereocenters. The fourth-order valence-electron chi connectivity index (χ4n) is 2.17. The maximum absolute atomic E-state index is 13.9. The van der Waals surface area contributed by atoms with Crippen LogP contribution in [0.2, 0.25) is 0 Å². The van der Waals surface area contributed by atoms with Crippen LogP contribution in [0.4, 0.5) is 8.78 Å². The van der Waals surface area contributed by atoms with Gasteiger partial charge in [-0.15, -0.1) is 0 Å². The summed E-state index contributed by atoms with van der Waals surface area (Å²) in [6.45, 7) is 3.81. The number of ether oxygens (including phenoxy) is 2. The van der Waals surface area contributed by atoms with Crippen molar-refractivity contribution in [2.45, 2.75) is 32.7 Å². The van der Waals surface area contributed by atoms with Crippen molar-refractivity contribution in [1.29, 1.82) is 0 Å². The van der Waals surface area contributed by atoms with Gasteiger partial charge in [-0.3, -0.25) is 4.79 Å². The molecule has 2 N–H and O–H groups in total. The second-order valence-corrected chi connectivity index (χ2v) is 4.96. The Hall–Kier alpha value is -1.69. The fraction of sp³-hybridized carbons (Fsp3) is 0.533.